The van der Waals surface area contributed by atoms with Gasteiger partial charge >= 0.3 is 0 Å². The van der Waals surface area contributed by atoms with E-state index in [1.165, 1.54) is 0 Å². The Kier molecular flexibility index (Phi) is 5.54. The SMILES string of the molecule is CCCn1ccnc(N(CCC(=N)N)C(C)C)c1=O. The molecule has 0 radical (unpaired) electrons. The van der Waals surface area contributed by atoms with Gasteiger partial charge in [0.15, 0.2) is 5.82 Å². The van der Waals surface area contributed by atoms with Crippen LogP contribution in [0.25, 0.3) is 0 Å². The van der Waals surface area contributed by atoms with Gasteiger partial charge in [0, 0.05) is 37.9 Å². The predicted octanol–water partition coefficient (Wildman–Crippen LogP) is 1.19. The predicted molar refractivity (Wildman–Crippen MR) is 77.8 cm³/mol. The third-order valence-corrected chi connectivity index (χ3v) is 2.88. The molecule has 6 heteroatoms. The van der Waals surface area contributed by atoms with Crippen LogP contribution in [0.15, 0.2) is 17.2 Å². The number of hydrogen-bond acceptors (Lipinski definition) is 4. The number of nitrogens with one attached hydrogen (secondary N) is 1. The van der Waals surface area contributed by atoms with Gasteiger partial charge in [-0.3, -0.25) is 10.2 Å². The molecule has 1 aromatic rings. The maximum atomic E-state index is 12.3. The molecule has 0 atom stereocenters. The molecule has 0 aromatic carbocycles. The van der Waals surface area contributed by atoms with Crippen LogP contribution >= 0.6 is 0 Å². The van der Waals surface area contributed by atoms with Gasteiger partial charge in [-0.15, -0.1) is 0 Å². The number of aromatic nitrogens is 2. The first-order valence-electron chi connectivity index (χ1n) is 6.62. The van der Waals surface area contributed by atoms with Crippen LogP contribution in [0.2, 0.25) is 0 Å². The van der Waals surface area contributed by atoms with Gasteiger partial charge in [0.25, 0.3) is 5.56 Å². The van der Waals surface area contributed by atoms with Crippen LogP contribution in [0.4, 0.5) is 5.82 Å². The molecule has 19 heavy (non-hydrogen) atoms. The van der Waals surface area contributed by atoms with Gasteiger partial charge in [-0.05, 0) is 20.3 Å². The van der Waals surface area contributed by atoms with E-state index >= 15 is 0 Å². The Bertz CT molecular complexity index is 480. The third kappa shape index (κ3) is 4.08. The van der Waals surface area contributed by atoms with E-state index in [9.17, 15) is 4.79 Å². The Hall–Kier alpha value is -1.85. The molecular formula is C13H23N5O. The molecule has 0 saturated carbocycles. The van der Waals surface area contributed by atoms with Crippen LogP contribution in [0, 0.1) is 5.41 Å². The average molecular weight is 265 g/mol. The minimum atomic E-state index is -0.0818. The van der Waals surface area contributed by atoms with Gasteiger partial charge in [0.1, 0.15) is 0 Å². The smallest absolute Gasteiger partial charge is 0.293 e. The van der Waals surface area contributed by atoms with Crippen molar-refractivity contribution in [1.82, 2.24) is 9.55 Å². The zero-order valence-corrected chi connectivity index (χ0v) is 11.9. The number of anilines is 1. The van der Waals surface area contributed by atoms with Crippen molar-refractivity contribution in [2.45, 2.75) is 46.2 Å². The minimum absolute atomic E-state index is 0.0818. The molecule has 0 aliphatic heterocycles. The summed E-state index contributed by atoms with van der Waals surface area (Å²) in [5.74, 6) is 0.558. The third-order valence-electron chi connectivity index (χ3n) is 2.88. The molecule has 1 heterocycles. The van der Waals surface area contributed by atoms with E-state index in [1.807, 2.05) is 25.7 Å². The van der Waals surface area contributed by atoms with Gasteiger partial charge in [0.05, 0.1) is 5.84 Å². The molecule has 106 valence electrons. The molecule has 6 nitrogen and oxygen atoms in total. The fourth-order valence-electron chi connectivity index (χ4n) is 1.90. The first-order chi connectivity index (χ1) is 8.97. The summed E-state index contributed by atoms with van der Waals surface area (Å²) < 4.78 is 1.67. The fraction of sp³-hybridized carbons (Fsp3) is 0.615. The normalized spacial score (nSPS) is 10.7. The van der Waals surface area contributed by atoms with E-state index in [-0.39, 0.29) is 17.4 Å². The van der Waals surface area contributed by atoms with Crippen LogP contribution in [0.5, 0.6) is 0 Å². The maximum absolute atomic E-state index is 12.3. The lowest BCUT2D eigenvalue weighted by atomic mass is 10.2. The number of hydrogen-bond donors (Lipinski definition) is 2. The minimum Gasteiger partial charge on any atom is -0.388 e. The molecule has 1 aromatic heterocycles. The van der Waals surface area contributed by atoms with Crippen molar-refractivity contribution in [3.63, 3.8) is 0 Å². The molecule has 1 rings (SSSR count). The quantitative estimate of drug-likeness (QED) is 0.572. The summed E-state index contributed by atoms with van der Waals surface area (Å²) in [6, 6.07) is 0.136. The Morgan fingerprint density at radius 2 is 2.26 bits per heavy atom. The van der Waals surface area contributed by atoms with Crippen LogP contribution < -0.4 is 16.2 Å². The summed E-state index contributed by atoms with van der Waals surface area (Å²) >= 11 is 0. The summed E-state index contributed by atoms with van der Waals surface area (Å²) in [5.41, 5.74) is 5.31. The van der Waals surface area contributed by atoms with Gasteiger partial charge in [-0.25, -0.2) is 4.98 Å². The second-order valence-corrected chi connectivity index (χ2v) is 4.81. The molecule has 0 unspecified atom stereocenters. The van der Waals surface area contributed by atoms with Crippen LogP contribution in [-0.2, 0) is 6.54 Å². The van der Waals surface area contributed by atoms with E-state index in [0.29, 0.717) is 25.3 Å². The second kappa shape index (κ2) is 6.92. The standard InChI is InChI=1S/C13H23N5O/c1-4-7-17-9-6-16-12(13(17)19)18(10(2)3)8-5-11(14)15/h6,9-10H,4-5,7-8H2,1-3H3,(H3,14,15). The lowest BCUT2D eigenvalue weighted by Crippen LogP contribution is -2.39. The average Bonchev–Trinajstić information content (AvgIpc) is 2.33. The lowest BCUT2D eigenvalue weighted by Gasteiger charge is -2.27. The van der Waals surface area contributed by atoms with Crippen molar-refractivity contribution >= 4 is 11.7 Å². The highest BCUT2D eigenvalue weighted by Gasteiger charge is 2.16. The maximum Gasteiger partial charge on any atom is 0.293 e. The molecular weight excluding hydrogens is 242 g/mol. The monoisotopic (exact) mass is 265 g/mol. The fourth-order valence-corrected chi connectivity index (χ4v) is 1.90. The highest BCUT2D eigenvalue weighted by Crippen LogP contribution is 2.09. The molecule has 0 saturated heterocycles. The zero-order valence-electron chi connectivity index (χ0n) is 11.9. The highest BCUT2D eigenvalue weighted by atomic mass is 16.1. The first kappa shape index (κ1) is 15.2. The van der Waals surface area contributed by atoms with Crippen molar-refractivity contribution in [3.05, 3.63) is 22.7 Å². The largest absolute Gasteiger partial charge is 0.388 e. The van der Waals surface area contributed by atoms with Crippen LogP contribution in [0.3, 0.4) is 0 Å². The summed E-state index contributed by atoms with van der Waals surface area (Å²) in [6.07, 6.45) is 4.69. The molecule has 0 spiro atoms. The van der Waals surface area contributed by atoms with Crippen molar-refractivity contribution in [2.75, 3.05) is 11.4 Å². The van der Waals surface area contributed by atoms with Crippen LogP contribution in [0.1, 0.15) is 33.6 Å². The number of amidine groups is 1. The van der Waals surface area contributed by atoms with Crippen LogP contribution in [-0.4, -0.2) is 28.0 Å². The Balaban J connectivity index is 3.05. The van der Waals surface area contributed by atoms with E-state index in [4.69, 9.17) is 11.1 Å². The van der Waals surface area contributed by atoms with Gasteiger partial charge in [-0.1, -0.05) is 6.92 Å². The number of nitrogens with zero attached hydrogens (tertiary/aromatic N) is 3. The van der Waals surface area contributed by atoms with E-state index in [2.05, 4.69) is 4.98 Å². The van der Waals surface area contributed by atoms with Crippen molar-refractivity contribution in [1.29, 1.82) is 5.41 Å². The van der Waals surface area contributed by atoms with E-state index < -0.39 is 0 Å². The van der Waals surface area contributed by atoms with E-state index in [1.54, 1.807) is 17.0 Å². The van der Waals surface area contributed by atoms with Crippen molar-refractivity contribution < 1.29 is 0 Å². The highest BCUT2D eigenvalue weighted by molar-refractivity contribution is 5.77. The number of nitrogens with two attached hydrogens (primary N) is 1. The van der Waals surface area contributed by atoms with Gasteiger partial charge < -0.3 is 15.2 Å². The van der Waals surface area contributed by atoms with Crippen molar-refractivity contribution in [3.8, 4) is 0 Å². The van der Waals surface area contributed by atoms with E-state index in [0.717, 1.165) is 6.42 Å². The molecule has 0 bridgehead atoms. The molecule has 0 aliphatic carbocycles. The Morgan fingerprint density at radius 3 is 2.79 bits per heavy atom. The Labute approximate surface area is 113 Å². The second-order valence-electron chi connectivity index (χ2n) is 4.81. The molecule has 3 N–H and O–H groups in total. The van der Waals surface area contributed by atoms with Gasteiger partial charge in [0.2, 0.25) is 0 Å². The summed E-state index contributed by atoms with van der Waals surface area (Å²) in [6.45, 7) is 7.25. The zero-order chi connectivity index (χ0) is 14.4. The molecule has 0 amide bonds. The first-order valence-corrected chi connectivity index (χ1v) is 6.62. The summed E-state index contributed by atoms with van der Waals surface area (Å²) in [5, 5.41) is 7.30. The summed E-state index contributed by atoms with van der Waals surface area (Å²) in [4.78, 5) is 18.4. The molecule has 0 aliphatic rings. The Morgan fingerprint density at radius 1 is 1.58 bits per heavy atom. The van der Waals surface area contributed by atoms with Crippen molar-refractivity contribution in [2.24, 2.45) is 5.73 Å². The number of aryl methyl sites for hydroxylation is 1. The number of rotatable bonds is 7. The molecule has 0 fully saturated rings. The topological polar surface area (TPSA) is 88.0 Å². The summed E-state index contributed by atoms with van der Waals surface area (Å²) in [7, 11) is 0. The lowest BCUT2D eigenvalue weighted by molar-refractivity contribution is 0.624. The van der Waals surface area contributed by atoms with Gasteiger partial charge in [-0.2, -0.15) is 0 Å².